The number of nitrogens with zero attached hydrogens (tertiary/aromatic N) is 1. The van der Waals surface area contributed by atoms with E-state index in [9.17, 15) is 4.39 Å². The second kappa shape index (κ2) is 2.89. The zero-order chi connectivity index (χ0) is 17.3. The molecule has 0 N–H and O–H groups in total. The van der Waals surface area contributed by atoms with Crippen LogP contribution in [0, 0.1) is 16.7 Å². The van der Waals surface area contributed by atoms with Crippen molar-refractivity contribution in [3.63, 3.8) is 0 Å². The van der Waals surface area contributed by atoms with Crippen molar-refractivity contribution in [2.75, 3.05) is 13.0 Å². The quantitative estimate of drug-likeness (QED) is 0.718. The van der Waals surface area contributed by atoms with E-state index in [1.54, 1.807) is 13.8 Å². The first-order chi connectivity index (χ1) is 10.3. The van der Waals surface area contributed by atoms with Crippen molar-refractivity contribution < 1.29 is 12.6 Å². The molecule has 4 aliphatic rings. The minimum Gasteiger partial charge on any atom is -0.296 e. The molecule has 2 heterocycles. The van der Waals surface area contributed by atoms with Gasteiger partial charge in [0.15, 0.2) is 0 Å². The van der Waals surface area contributed by atoms with Gasteiger partial charge in [0.25, 0.3) is 0 Å². The number of alkyl halides is 1. The van der Waals surface area contributed by atoms with Crippen LogP contribution in [0.15, 0.2) is 0 Å². The van der Waals surface area contributed by atoms with Gasteiger partial charge >= 0.3 is 0 Å². The summed E-state index contributed by atoms with van der Waals surface area (Å²) < 4.78 is 65.8. The van der Waals surface area contributed by atoms with Crippen LogP contribution < -0.4 is 0 Å². The fraction of sp³-hybridized carbons (Fsp3) is 1.00. The van der Waals surface area contributed by atoms with Crippen molar-refractivity contribution in [1.82, 2.24) is 4.90 Å². The van der Waals surface area contributed by atoms with E-state index < -0.39 is 41.9 Å². The van der Waals surface area contributed by atoms with Gasteiger partial charge < -0.3 is 0 Å². The smallest absolute Gasteiger partial charge is 0.108 e. The first-order valence-electron chi connectivity index (χ1n) is 9.75. The minimum atomic E-state index is -2.15. The van der Waals surface area contributed by atoms with Crippen LogP contribution >= 0.6 is 0 Å². The lowest BCUT2D eigenvalue weighted by atomic mass is 9.72. The van der Waals surface area contributed by atoms with E-state index in [1.807, 2.05) is 0 Å². The van der Waals surface area contributed by atoms with Crippen LogP contribution in [0.2, 0.25) is 0 Å². The van der Waals surface area contributed by atoms with Crippen molar-refractivity contribution in [2.45, 2.75) is 64.0 Å². The molecule has 3 atom stereocenters. The molecule has 2 aliphatic heterocycles. The van der Waals surface area contributed by atoms with Gasteiger partial charge in [-0.3, -0.25) is 4.90 Å². The Labute approximate surface area is 112 Å². The van der Waals surface area contributed by atoms with Crippen molar-refractivity contribution in [3.8, 4) is 0 Å². The average molecular weight is 243 g/mol. The Hall–Kier alpha value is -0.110. The molecule has 17 heavy (non-hydrogen) atoms. The third-order valence-electron chi connectivity index (χ3n) is 5.10. The fourth-order valence-electron chi connectivity index (χ4n) is 3.92. The SMILES string of the molecule is [2H]C1([2H])CC2(CC2)[C@@]2(C([2H])([2H])C(C)C)C[C@]3(C[C@@H]3F)C([2H])([2H])N12. The highest BCUT2D eigenvalue weighted by Crippen LogP contribution is 2.73. The van der Waals surface area contributed by atoms with Crippen LogP contribution in [0.1, 0.15) is 60.5 Å². The third-order valence-corrected chi connectivity index (χ3v) is 5.10. The molecule has 0 radical (unpaired) electrons. The number of hydrogen-bond acceptors (Lipinski definition) is 1. The number of fused-ring (bicyclic) bond motifs is 2. The highest BCUT2D eigenvalue weighted by molar-refractivity contribution is 5.27. The molecule has 2 heteroatoms. The second-order valence-corrected chi connectivity index (χ2v) is 6.73. The summed E-state index contributed by atoms with van der Waals surface area (Å²) in [5.41, 5.74) is -3.04. The summed E-state index contributed by atoms with van der Waals surface area (Å²) in [6.45, 7) is -0.563. The maximum Gasteiger partial charge on any atom is 0.108 e. The van der Waals surface area contributed by atoms with E-state index in [1.165, 1.54) is 0 Å². The maximum atomic E-state index is 14.2. The largest absolute Gasteiger partial charge is 0.296 e. The Morgan fingerprint density at radius 3 is 2.71 bits per heavy atom. The number of rotatable bonds is 2. The third kappa shape index (κ3) is 1.18. The lowest BCUT2D eigenvalue weighted by molar-refractivity contribution is 0.107. The molecule has 1 nitrogen and oxygen atoms in total. The van der Waals surface area contributed by atoms with Crippen LogP contribution in [-0.2, 0) is 0 Å². The Kier molecular flexibility index (Phi) is 1.08. The van der Waals surface area contributed by atoms with Gasteiger partial charge in [0.1, 0.15) is 6.17 Å². The van der Waals surface area contributed by atoms with E-state index >= 15 is 0 Å². The van der Waals surface area contributed by atoms with Crippen LogP contribution in [0.5, 0.6) is 0 Å². The normalized spacial score (nSPS) is 62.5. The molecule has 4 rings (SSSR count). The standard InChI is InChI=1S/C15H24FN/c1-11(2)7-15-9-13(8-12(13)16)10-17(15)6-5-14(15)3-4-14/h11-12H,3-10H2,1-2H3/t12-,13+,15+/m0/s1/i6D2,7D2,10D2. The highest BCUT2D eigenvalue weighted by Gasteiger charge is 2.74. The first-order valence-corrected chi connectivity index (χ1v) is 6.75. The van der Waals surface area contributed by atoms with E-state index in [4.69, 9.17) is 8.22 Å². The summed E-state index contributed by atoms with van der Waals surface area (Å²) in [6.07, 6.45) is -1.33. The van der Waals surface area contributed by atoms with Gasteiger partial charge in [-0.05, 0) is 56.3 Å². The molecule has 96 valence electrons. The van der Waals surface area contributed by atoms with Crippen LogP contribution in [0.4, 0.5) is 4.39 Å². The van der Waals surface area contributed by atoms with E-state index in [0.717, 1.165) is 4.90 Å². The Balaban J connectivity index is 1.97. The maximum absolute atomic E-state index is 14.2. The molecule has 0 aromatic carbocycles. The molecule has 4 fully saturated rings. The minimum absolute atomic E-state index is 0.0819. The fourth-order valence-corrected chi connectivity index (χ4v) is 3.92. The van der Waals surface area contributed by atoms with Gasteiger partial charge in [0.05, 0.1) is 0 Å². The zero-order valence-electron chi connectivity index (χ0n) is 16.5. The first kappa shape index (κ1) is 6.36. The van der Waals surface area contributed by atoms with E-state index in [0.29, 0.717) is 12.8 Å². The lowest BCUT2D eigenvalue weighted by Gasteiger charge is -2.39. The summed E-state index contributed by atoms with van der Waals surface area (Å²) in [5.74, 6) is -0.390. The molecule has 2 aliphatic carbocycles. The average Bonchev–Trinajstić information content (AvgIpc) is 3.22. The molecule has 0 amide bonds. The highest BCUT2D eigenvalue weighted by atomic mass is 19.1. The predicted molar refractivity (Wildman–Crippen MR) is 66.6 cm³/mol. The predicted octanol–water partition coefficient (Wildman–Crippen LogP) is 3.39. The van der Waals surface area contributed by atoms with Gasteiger partial charge in [-0.1, -0.05) is 13.8 Å². The molecule has 2 saturated heterocycles. The van der Waals surface area contributed by atoms with Crippen molar-refractivity contribution in [1.29, 1.82) is 0 Å². The van der Waals surface area contributed by atoms with Crippen LogP contribution in [-0.4, -0.2) is 29.6 Å². The van der Waals surface area contributed by atoms with E-state index in [-0.39, 0.29) is 25.2 Å². The van der Waals surface area contributed by atoms with Crippen molar-refractivity contribution in [2.24, 2.45) is 16.7 Å². The number of hydrogen-bond donors (Lipinski definition) is 0. The van der Waals surface area contributed by atoms with Gasteiger partial charge in [-0.15, -0.1) is 0 Å². The Morgan fingerprint density at radius 2 is 2.18 bits per heavy atom. The summed E-state index contributed by atoms with van der Waals surface area (Å²) in [5, 5.41) is 0. The molecule has 0 aromatic heterocycles. The van der Waals surface area contributed by atoms with Crippen molar-refractivity contribution >= 4 is 0 Å². The molecule has 0 aromatic rings. The molecule has 2 saturated carbocycles. The van der Waals surface area contributed by atoms with Gasteiger partial charge in [-0.2, -0.15) is 0 Å². The topological polar surface area (TPSA) is 3.24 Å². The van der Waals surface area contributed by atoms with Crippen molar-refractivity contribution in [3.05, 3.63) is 0 Å². The molecule has 2 spiro atoms. The van der Waals surface area contributed by atoms with Gasteiger partial charge in [0, 0.05) is 25.7 Å². The lowest BCUT2D eigenvalue weighted by Crippen LogP contribution is -2.45. The molecular weight excluding hydrogens is 213 g/mol. The summed E-state index contributed by atoms with van der Waals surface area (Å²) >= 11 is 0. The second-order valence-electron chi connectivity index (χ2n) is 6.73. The van der Waals surface area contributed by atoms with Crippen LogP contribution in [0.3, 0.4) is 0 Å². The summed E-state index contributed by atoms with van der Waals surface area (Å²) in [6, 6.07) is 0. The molecule has 0 bridgehead atoms. The van der Waals surface area contributed by atoms with Crippen LogP contribution in [0.25, 0.3) is 0 Å². The summed E-state index contributed by atoms with van der Waals surface area (Å²) in [7, 11) is 0. The monoisotopic (exact) mass is 243 g/mol. The Morgan fingerprint density at radius 1 is 1.47 bits per heavy atom. The molecular formula is C15H24FN. The van der Waals surface area contributed by atoms with Gasteiger partial charge in [-0.25, -0.2) is 4.39 Å². The van der Waals surface area contributed by atoms with E-state index in [2.05, 4.69) is 0 Å². The zero-order valence-corrected chi connectivity index (χ0v) is 10.5. The summed E-state index contributed by atoms with van der Waals surface area (Å²) in [4.78, 5) is 1.15. The molecule has 0 unspecified atom stereocenters. The van der Waals surface area contributed by atoms with Gasteiger partial charge in [0.2, 0.25) is 0 Å². The number of halogens is 1. The Bertz CT molecular complexity index is 574.